The lowest BCUT2D eigenvalue weighted by atomic mass is 10.2. The van der Waals surface area contributed by atoms with Crippen LogP contribution in [0, 0.1) is 6.92 Å². The predicted octanol–water partition coefficient (Wildman–Crippen LogP) is 5.77. The van der Waals surface area contributed by atoms with Gasteiger partial charge in [0.1, 0.15) is 15.5 Å². The van der Waals surface area contributed by atoms with Crippen molar-refractivity contribution in [1.82, 2.24) is 9.55 Å². The van der Waals surface area contributed by atoms with Crippen molar-refractivity contribution >= 4 is 62.5 Å². The molecule has 1 amide bonds. The smallest absolute Gasteiger partial charge is 0.348 e. The van der Waals surface area contributed by atoms with E-state index in [4.69, 9.17) is 26.1 Å². The second-order valence-electron chi connectivity index (χ2n) is 8.13. The number of esters is 1. The highest BCUT2D eigenvalue weighted by Crippen LogP contribution is 2.30. The van der Waals surface area contributed by atoms with Crippen LogP contribution in [-0.4, -0.2) is 40.4 Å². The second kappa shape index (κ2) is 12.5. The first-order valence-corrected chi connectivity index (χ1v) is 14.1. The molecule has 11 heteroatoms. The highest BCUT2D eigenvalue weighted by atomic mass is 35.5. The highest BCUT2D eigenvalue weighted by molar-refractivity contribution is 7.99. The number of fused-ring (bicyclic) bond motifs is 1. The van der Waals surface area contributed by atoms with Crippen LogP contribution in [0.2, 0.25) is 5.02 Å². The van der Waals surface area contributed by atoms with Crippen molar-refractivity contribution in [2.45, 2.75) is 32.5 Å². The number of anilines is 1. The quantitative estimate of drug-likeness (QED) is 0.146. The van der Waals surface area contributed by atoms with Crippen molar-refractivity contribution < 1.29 is 19.1 Å². The minimum absolute atomic E-state index is 0.0166. The van der Waals surface area contributed by atoms with Crippen molar-refractivity contribution in [2.24, 2.45) is 0 Å². The number of carbonyl (C=O) groups excluding carboxylic acids is 2. The van der Waals surface area contributed by atoms with Crippen LogP contribution in [0.3, 0.4) is 0 Å². The van der Waals surface area contributed by atoms with E-state index in [-0.39, 0.29) is 30.4 Å². The van der Waals surface area contributed by atoms with Gasteiger partial charge in [0.25, 0.3) is 5.56 Å². The van der Waals surface area contributed by atoms with E-state index in [9.17, 15) is 14.4 Å². The van der Waals surface area contributed by atoms with E-state index < -0.39 is 5.97 Å². The average Bonchev–Trinajstić information content (AvgIpc) is 3.23. The van der Waals surface area contributed by atoms with Gasteiger partial charge in [-0.05, 0) is 62.2 Å². The molecule has 38 heavy (non-hydrogen) atoms. The molecule has 0 bridgehead atoms. The molecule has 2 heterocycles. The van der Waals surface area contributed by atoms with E-state index in [1.807, 2.05) is 25.1 Å². The zero-order valence-corrected chi connectivity index (χ0v) is 23.5. The Morgan fingerprint density at radius 1 is 1.11 bits per heavy atom. The van der Waals surface area contributed by atoms with Crippen LogP contribution >= 0.6 is 34.7 Å². The molecule has 198 valence electrons. The van der Waals surface area contributed by atoms with Gasteiger partial charge in [0.15, 0.2) is 5.16 Å². The van der Waals surface area contributed by atoms with E-state index in [0.717, 1.165) is 34.4 Å². The zero-order chi connectivity index (χ0) is 27.2. The van der Waals surface area contributed by atoms with E-state index in [1.54, 1.807) is 44.2 Å². The molecular formula is C27H26ClN3O5S2. The van der Waals surface area contributed by atoms with Gasteiger partial charge in [-0.2, -0.15) is 0 Å². The van der Waals surface area contributed by atoms with Gasteiger partial charge in [0, 0.05) is 10.7 Å². The molecule has 0 spiro atoms. The Morgan fingerprint density at radius 3 is 2.53 bits per heavy atom. The number of thioether (sulfide) groups is 1. The Kier molecular flexibility index (Phi) is 9.09. The molecule has 2 aromatic heterocycles. The zero-order valence-electron chi connectivity index (χ0n) is 21.1. The summed E-state index contributed by atoms with van der Waals surface area (Å²) in [6.07, 6.45) is 0. The SMILES string of the molecule is CCOC(=O)c1sc2nc(SCC(=O)Nc3ccc(OCC)cc3)n(Cc3ccccc3Cl)c(=O)c2c1C. The van der Waals surface area contributed by atoms with Crippen molar-refractivity contribution in [3.63, 3.8) is 0 Å². The lowest BCUT2D eigenvalue weighted by Gasteiger charge is -2.13. The number of halogens is 1. The molecule has 0 atom stereocenters. The number of hydrogen-bond acceptors (Lipinski definition) is 8. The number of amides is 1. The Balaban J connectivity index is 1.65. The molecule has 0 unspecified atom stereocenters. The molecule has 8 nitrogen and oxygen atoms in total. The minimum atomic E-state index is -0.492. The fourth-order valence-corrected chi connectivity index (χ4v) is 5.87. The number of aromatic nitrogens is 2. The summed E-state index contributed by atoms with van der Waals surface area (Å²) in [7, 11) is 0. The van der Waals surface area contributed by atoms with Gasteiger partial charge in [-0.15, -0.1) is 11.3 Å². The number of thiophene rings is 1. The summed E-state index contributed by atoms with van der Waals surface area (Å²) in [5.74, 6) is -0.0151. The molecule has 4 aromatic rings. The molecule has 1 N–H and O–H groups in total. The van der Waals surface area contributed by atoms with Crippen LogP contribution in [0.4, 0.5) is 5.69 Å². The van der Waals surface area contributed by atoms with Crippen molar-refractivity contribution in [2.75, 3.05) is 24.3 Å². The summed E-state index contributed by atoms with van der Waals surface area (Å²) in [5, 5.41) is 4.06. The van der Waals surface area contributed by atoms with Crippen LogP contribution in [0.25, 0.3) is 10.2 Å². The topological polar surface area (TPSA) is 99.5 Å². The molecule has 0 aliphatic heterocycles. The number of nitrogens with one attached hydrogen (secondary N) is 1. The van der Waals surface area contributed by atoms with Crippen molar-refractivity contribution in [3.8, 4) is 5.75 Å². The Labute approximate surface area is 232 Å². The number of benzene rings is 2. The van der Waals surface area contributed by atoms with Crippen LogP contribution < -0.4 is 15.6 Å². The van der Waals surface area contributed by atoms with Crippen molar-refractivity contribution in [1.29, 1.82) is 0 Å². The summed E-state index contributed by atoms with van der Waals surface area (Å²) < 4.78 is 12.1. The summed E-state index contributed by atoms with van der Waals surface area (Å²) in [4.78, 5) is 44.4. The van der Waals surface area contributed by atoms with Gasteiger partial charge >= 0.3 is 5.97 Å². The van der Waals surface area contributed by atoms with Gasteiger partial charge in [0.2, 0.25) is 5.91 Å². The maximum absolute atomic E-state index is 13.7. The molecule has 0 radical (unpaired) electrons. The molecule has 4 rings (SSSR count). The standard InChI is InChI=1S/C27H26ClN3O5S2/c1-4-35-19-12-10-18(11-13-19)29-21(32)15-37-27-30-24-22(16(3)23(38-24)26(34)36-5-2)25(33)31(27)14-17-8-6-7-9-20(17)28/h6-13H,4-5,14-15H2,1-3H3,(H,29,32). The van der Waals surface area contributed by atoms with Gasteiger partial charge in [0.05, 0.1) is 30.9 Å². The second-order valence-corrected chi connectivity index (χ2v) is 10.5. The molecule has 0 saturated heterocycles. The molecule has 0 aliphatic rings. The normalized spacial score (nSPS) is 10.9. The molecule has 0 aliphatic carbocycles. The number of rotatable bonds is 10. The maximum Gasteiger partial charge on any atom is 0.348 e. The van der Waals surface area contributed by atoms with Crippen LogP contribution in [0.5, 0.6) is 5.75 Å². The first-order chi connectivity index (χ1) is 18.3. The number of hydrogen-bond donors (Lipinski definition) is 1. The summed E-state index contributed by atoms with van der Waals surface area (Å²) in [5.41, 5.74) is 1.58. The largest absolute Gasteiger partial charge is 0.494 e. The minimum Gasteiger partial charge on any atom is -0.494 e. The first kappa shape index (κ1) is 27.7. The number of aryl methyl sites for hydroxylation is 1. The van der Waals surface area contributed by atoms with E-state index in [1.165, 1.54) is 4.57 Å². The summed E-state index contributed by atoms with van der Waals surface area (Å²) in [6, 6.07) is 14.3. The Hall–Kier alpha value is -3.34. The van der Waals surface area contributed by atoms with Crippen LogP contribution in [0.1, 0.15) is 34.6 Å². The summed E-state index contributed by atoms with van der Waals surface area (Å²) in [6.45, 7) is 6.28. The number of nitrogens with zero attached hydrogens (tertiary/aromatic N) is 2. The Bertz CT molecular complexity index is 1530. The maximum atomic E-state index is 13.7. The molecule has 2 aromatic carbocycles. The van der Waals surface area contributed by atoms with Gasteiger partial charge < -0.3 is 14.8 Å². The van der Waals surface area contributed by atoms with E-state index in [0.29, 0.717) is 43.1 Å². The third-order valence-electron chi connectivity index (χ3n) is 5.54. The Morgan fingerprint density at radius 2 is 1.84 bits per heavy atom. The summed E-state index contributed by atoms with van der Waals surface area (Å²) >= 11 is 8.63. The van der Waals surface area contributed by atoms with Gasteiger partial charge in [-0.1, -0.05) is 41.6 Å². The fraction of sp³-hybridized carbons (Fsp3) is 0.259. The van der Waals surface area contributed by atoms with Gasteiger partial charge in [-0.25, -0.2) is 9.78 Å². The molecule has 0 fully saturated rings. The van der Waals surface area contributed by atoms with Gasteiger partial charge in [-0.3, -0.25) is 14.2 Å². The number of ether oxygens (including phenoxy) is 2. The number of carbonyl (C=O) groups is 2. The highest BCUT2D eigenvalue weighted by Gasteiger charge is 2.23. The van der Waals surface area contributed by atoms with E-state index >= 15 is 0 Å². The predicted molar refractivity (Wildman–Crippen MR) is 152 cm³/mol. The van der Waals surface area contributed by atoms with E-state index in [2.05, 4.69) is 5.32 Å². The average molecular weight is 572 g/mol. The van der Waals surface area contributed by atoms with Crippen molar-refractivity contribution in [3.05, 3.63) is 79.9 Å². The third kappa shape index (κ3) is 6.20. The lowest BCUT2D eigenvalue weighted by Crippen LogP contribution is -2.25. The molecule has 0 saturated carbocycles. The monoisotopic (exact) mass is 571 g/mol. The third-order valence-corrected chi connectivity index (χ3v) is 8.05. The molecular weight excluding hydrogens is 546 g/mol. The van der Waals surface area contributed by atoms with Crippen LogP contribution in [0.15, 0.2) is 58.5 Å². The fourth-order valence-electron chi connectivity index (χ4n) is 3.76. The first-order valence-electron chi connectivity index (χ1n) is 11.9. The van der Waals surface area contributed by atoms with Crippen LogP contribution in [-0.2, 0) is 16.1 Å². The lowest BCUT2D eigenvalue weighted by molar-refractivity contribution is -0.113.